The molecule has 0 aromatic heterocycles. The second-order valence-electron chi connectivity index (χ2n) is 3.11. The lowest BCUT2D eigenvalue weighted by Gasteiger charge is -2.05. The maximum absolute atomic E-state index is 11.5. The molecule has 0 atom stereocenters. The van der Waals surface area contributed by atoms with E-state index in [2.05, 4.69) is 6.58 Å². The van der Waals surface area contributed by atoms with Crippen LogP contribution in [0.2, 0.25) is 5.02 Å². The molecular formula is C11H9ClO2. The Morgan fingerprint density at radius 3 is 3.07 bits per heavy atom. The van der Waals surface area contributed by atoms with Crippen LogP contribution in [0.25, 0.3) is 0 Å². The van der Waals surface area contributed by atoms with E-state index in [-0.39, 0.29) is 5.78 Å². The molecule has 0 saturated heterocycles. The van der Waals surface area contributed by atoms with Crippen LogP contribution < -0.4 is 4.74 Å². The minimum Gasteiger partial charge on any atom is -0.492 e. The third kappa shape index (κ3) is 1.42. The lowest BCUT2D eigenvalue weighted by atomic mass is 10.0. The monoisotopic (exact) mass is 208 g/mol. The average molecular weight is 209 g/mol. The molecule has 0 aliphatic carbocycles. The minimum absolute atomic E-state index is 0.148. The van der Waals surface area contributed by atoms with Gasteiger partial charge < -0.3 is 4.74 Å². The molecular weight excluding hydrogens is 200 g/mol. The fraction of sp³-hybridized carbons (Fsp3) is 0.182. The van der Waals surface area contributed by atoms with Gasteiger partial charge in [-0.1, -0.05) is 18.2 Å². The lowest BCUT2D eigenvalue weighted by Crippen LogP contribution is -1.98. The predicted molar refractivity (Wildman–Crippen MR) is 55.2 cm³/mol. The van der Waals surface area contributed by atoms with Gasteiger partial charge in [-0.2, -0.15) is 0 Å². The Morgan fingerprint density at radius 2 is 2.36 bits per heavy atom. The van der Waals surface area contributed by atoms with Gasteiger partial charge in [0.15, 0.2) is 5.78 Å². The Labute approximate surface area is 87.1 Å². The van der Waals surface area contributed by atoms with Gasteiger partial charge in [-0.25, -0.2) is 0 Å². The van der Waals surface area contributed by atoms with E-state index in [1.807, 2.05) is 6.07 Å². The molecule has 0 spiro atoms. The molecule has 1 aliphatic rings. The van der Waals surface area contributed by atoms with Gasteiger partial charge in [0.2, 0.25) is 0 Å². The van der Waals surface area contributed by atoms with Gasteiger partial charge in [0.25, 0.3) is 0 Å². The third-order valence-electron chi connectivity index (χ3n) is 2.20. The van der Waals surface area contributed by atoms with Crippen molar-refractivity contribution < 1.29 is 9.53 Å². The summed E-state index contributed by atoms with van der Waals surface area (Å²) >= 11 is 5.89. The van der Waals surface area contributed by atoms with Gasteiger partial charge in [0, 0.05) is 11.4 Å². The number of hydrogen-bond donors (Lipinski definition) is 0. The van der Waals surface area contributed by atoms with Gasteiger partial charge >= 0.3 is 0 Å². The van der Waals surface area contributed by atoms with Crippen LogP contribution in [0.4, 0.5) is 0 Å². The first kappa shape index (κ1) is 9.28. The zero-order valence-electron chi connectivity index (χ0n) is 7.55. The summed E-state index contributed by atoms with van der Waals surface area (Å²) in [7, 11) is 0. The van der Waals surface area contributed by atoms with Crippen molar-refractivity contribution in [2.75, 3.05) is 6.61 Å². The first-order valence-corrected chi connectivity index (χ1v) is 4.72. The Bertz CT molecular complexity index is 410. The Kier molecular flexibility index (Phi) is 2.30. The number of ether oxygens (including phenoxy) is 1. The van der Waals surface area contributed by atoms with E-state index in [0.717, 1.165) is 12.0 Å². The molecule has 0 N–H and O–H groups in total. The largest absolute Gasteiger partial charge is 0.492 e. The SMILES string of the molecule is C=CC(=O)c1cc(Cl)cc2c1OCC2. The van der Waals surface area contributed by atoms with E-state index >= 15 is 0 Å². The Morgan fingerprint density at radius 1 is 1.57 bits per heavy atom. The molecule has 72 valence electrons. The summed E-state index contributed by atoms with van der Waals surface area (Å²) in [6, 6.07) is 3.46. The second-order valence-corrected chi connectivity index (χ2v) is 3.54. The van der Waals surface area contributed by atoms with E-state index in [1.54, 1.807) is 6.07 Å². The number of carbonyl (C=O) groups excluding carboxylic acids is 1. The number of halogens is 1. The van der Waals surface area contributed by atoms with Crippen LogP contribution in [-0.4, -0.2) is 12.4 Å². The summed E-state index contributed by atoms with van der Waals surface area (Å²) in [5.74, 6) is 0.518. The van der Waals surface area contributed by atoms with Gasteiger partial charge in [-0.15, -0.1) is 0 Å². The first-order valence-electron chi connectivity index (χ1n) is 4.34. The van der Waals surface area contributed by atoms with Crippen molar-refractivity contribution in [3.8, 4) is 5.75 Å². The third-order valence-corrected chi connectivity index (χ3v) is 2.42. The fourth-order valence-electron chi connectivity index (χ4n) is 1.56. The number of allylic oxidation sites excluding steroid dienone is 1. The molecule has 0 amide bonds. The summed E-state index contributed by atoms with van der Waals surface area (Å²) in [6.07, 6.45) is 2.08. The number of fused-ring (bicyclic) bond motifs is 1. The minimum atomic E-state index is -0.148. The summed E-state index contributed by atoms with van der Waals surface area (Å²) in [4.78, 5) is 11.5. The van der Waals surface area contributed by atoms with Crippen molar-refractivity contribution >= 4 is 17.4 Å². The van der Waals surface area contributed by atoms with Crippen LogP contribution in [-0.2, 0) is 6.42 Å². The van der Waals surface area contributed by atoms with E-state index in [4.69, 9.17) is 16.3 Å². The van der Waals surface area contributed by atoms with Crippen LogP contribution in [0.15, 0.2) is 24.8 Å². The number of hydrogen-bond acceptors (Lipinski definition) is 2. The van der Waals surface area contributed by atoms with Crippen LogP contribution >= 0.6 is 11.6 Å². The van der Waals surface area contributed by atoms with Gasteiger partial charge in [-0.3, -0.25) is 4.79 Å². The van der Waals surface area contributed by atoms with Crippen molar-refractivity contribution in [3.63, 3.8) is 0 Å². The quantitative estimate of drug-likeness (QED) is 0.552. The summed E-state index contributed by atoms with van der Waals surface area (Å²) in [5, 5.41) is 0.569. The molecule has 1 heterocycles. The molecule has 2 rings (SSSR count). The molecule has 0 saturated carbocycles. The molecule has 1 aromatic rings. The Hall–Kier alpha value is -1.28. The highest BCUT2D eigenvalue weighted by atomic mass is 35.5. The van der Waals surface area contributed by atoms with Crippen molar-refractivity contribution in [2.24, 2.45) is 0 Å². The Balaban J connectivity index is 2.59. The molecule has 1 aliphatic heterocycles. The van der Waals surface area contributed by atoms with Crippen LogP contribution in [0.5, 0.6) is 5.75 Å². The molecule has 0 bridgehead atoms. The fourth-order valence-corrected chi connectivity index (χ4v) is 1.80. The van der Waals surface area contributed by atoms with Crippen LogP contribution in [0.1, 0.15) is 15.9 Å². The van der Waals surface area contributed by atoms with E-state index in [0.29, 0.717) is 22.9 Å². The van der Waals surface area contributed by atoms with Crippen LogP contribution in [0.3, 0.4) is 0 Å². The summed E-state index contributed by atoms with van der Waals surface area (Å²) in [5.41, 5.74) is 1.52. The topological polar surface area (TPSA) is 26.3 Å². The molecule has 3 heteroatoms. The standard InChI is InChI=1S/C11H9ClO2/c1-2-10(13)9-6-8(12)5-7-3-4-14-11(7)9/h2,5-6H,1,3-4H2. The highest BCUT2D eigenvalue weighted by molar-refractivity contribution is 6.31. The maximum Gasteiger partial charge on any atom is 0.189 e. The smallest absolute Gasteiger partial charge is 0.189 e. The number of benzene rings is 1. The molecule has 0 fully saturated rings. The predicted octanol–water partition coefficient (Wildman–Crippen LogP) is 2.64. The first-order chi connectivity index (χ1) is 6.72. The number of carbonyl (C=O) groups is 1. The normalized spacial score (nSPS) is 13.2. The molecule has 1 aromatic carbocycles. The number of ketones is 1. The molecule has 0 unspecified atom stereocenters. The zero-order chi connectivity index (χ0) is 10.1. The summed E-state index contributed by atoms with van der Waals surface area (Å²) in [6.45, 7) is 4.06. The van der Waals surface area contributed by atoms with E-state index in [1.165, 1.54) is 6.08 Å². The van der Waals surface area contributed by atoms with E-state index < -0.39 is 0 Å². The zero-order valence-corrected chi connectivity index (χ0v) is 8.30. The maximum atomic E-state index is 11.5. The second kappa shape index (κ2) is 3.46. The molecule has 0 radical (unpaired) electrons. The summed E-state index contributed by atoms with van der Waals surface area (Å²) < 4.78 is 5.38. The van der Waals surface area contributed by atoms with Crippen molar-refractivity contribution in [1.29, 1.82) is 0 Å². The van der Waals surface area contributed by atoms with Crippen molar-refractivity contribution in [1.82, 2.24) is 0 Å². The van der Waals surface area contributed by atoms with Crippen molar-refractivity contribution in [3.05, 3.63) is 40.9 Å². The molecule has 2 nitrogen and oxygen atoms in total. The van der Waals surface area contributed by atoms with Gasteiger partial charge in [0.1, 0.15) is 5.75 Å². The van der Waals surface area contributed by atoms with E-state index in [9.17, 15) is 4.79 Å². The average Bonchev–Trinajstić information content (AvgIpc) is 2.62. The van der Waals surface area contributed by atoms with Crippen molar-refractivity contribution in [2.45, 2.75) is 6.42 Å². The highest BCUT2D eigenvalue weighted by Crippen LogP contribution is 2.33. The lowest BCUT2D eigenvalue weighted by molar-refractivity contribution is 0.104. The van der Waals surface area contributed by atoms with Gasteiger partial charge in [0.05, 0.1) is 12.2 Å². The highest BCUT2D eigenvalue weighted by Gasteiger charge is 2.20. The van der Waals surface area contributed by atoms with Gasteiger partial charge in [-0.05, 0) is 23.8 Å². The van der Waals surface area contributed by atoms with Crippen LogP contribution in [0, 0.1) is 0 Å². The number of rotatable bonds is 2. The molecule has 14 heavy (non-hydrogen) atoms.